The minimum atomic E-state index is -2.24. The number of Topliss-reactive ketones (excluding diaryl/α,β-unsaturated/α-hetero) is 1. The molecule has 0 radical (unpaired) electrons. The summed E-state index contributed by atoms with van der Waals surface area (Å²) >= 11 is 0. The average Bonchev–Trinajstić information content (AvgIpc) is 2.90. The smallest absolute Gasteiger partial charge is 1.00 e. The van der Waals surface area contributed by atoms with Crippen molar-refractivity contribution in [2.24, 2.45) is 5.73 Å². The van der Waals surface area contributed by atoms with E-state index in [0.717, 1.165) is 0 Å². The molecule has 3 aliphatic rings. The number of phenolic OH excluding ortho intramolecular Hbond substituents is 2. The van der Waals surface area contributed by atoms with Crippen LogP contribution in [0.15, 0.2) is 18.2 Å². The zero-order valence-corrected chi connectivity index (χ0v) is 25.3. The predicted octanol–water partition coefficient (Wildman–Crippen LogP) is -5.99. The third kappa shape index (κ3) is 5.31. The number of aliphatic hydroxyl groups excluding tert-OH is 2. The minimum Gasteiger partial charge on any atom is -1.00 e. The van der Waals surface area contributed by atoms with E-state index in [0.29, 0.717) is 0 Å². The van der Waals surface area contributed by atoms with E-state index >= 15 is 0 Å². The van der Waals surface area contributed by atoms with Crippen molar-refractivity contribution < 1.29 is 96.1 Å². The standard InChI is InChI=1S/C27H29NO11.ClH.Na/c1-10-22(31)13(28)6-17(38-10)39-15-8-27(36,16(30)9-29)7-12-19(15)26(35)21-20(24(12)33)23(32)11-4-3-5-14(37-2)18(11)25(21)34;;/h3-5,10,13,15,17,22,29,31,33,35-36H,6-9,28H2,1-2H3;1H;/q;;+1/p-1/t10?,13?,15-,17?,22?,27-;;/m0../s1. The summed E-state index contributed by atoms with van der Waals surface area (Å²) in [7, 11) is 1.32. The van der Waals surface area contributed by atoms with Gasteiger partial charge in [-0.1, -0.05) is 12.1 Å². The number of hydrogen-bond donors (Lipinski definition) is 6. The Morgan fingerprint density at radius 1 is 1.15 bits per heavy atom. The van der Waals surface area contributed by atoms with Gasteiger partial charge in [0.05, 0.1) is 42.1 Å². The van der Waals surface area contributed by atoms with Crippen LogP contribution < -0.4 is 52.4 Å². The number of halogens is 1. The van der Waals surface area contributed by atoms with Crippen molar-refractivity contribution in [3.8, 4) is 17.2 Å². The van der Waals surface area contributed by atoms with Gasteiger partial charge in [-0.05, 0) is 13.0 Å². The largest absolute Gasteiger partial charge is 1.00 e. The van der Waals surface area contributed by atoms with Crippen molar-refractivity contribution >= 4 is 17.3 Å². The SMILES string of the molecule is COc1cccc2c1C(=O)c1c(O)c3c(c(O)c1C2=O)C[C@@](O)(C(=O)CO)C[C@@H]3OC1CC(N)C(O)C(C)O1.[Cl-].[Na+]. The number of aliphatic hydroxyl groups is 3. The van der Waals surface area contributed by atoms with Crippen LogP contribution in [0.1, 0.15) is 68.8 Å². The molecule has 0 spiro atoms. The number of rotatable bonds is 5. The number of fused-ring (bicyclic) bond motifs is 3. The van der Waals surface area contributed by atoms with Crippen LogP contribution in [0.2, 0.25) is 0 Å². The molecule has 1 heterocycles. The summed E-state index contributed by atoms with van der Waals surface area (Å²) in [5.41, 5.74) is 2.37. The predicted molar refractivity (Wildman–Crippen MR) is 132 cm³/mol. The fourth-order valence-electron chi connectivity index (χ4n) is 5.75. The van der Waals surface area contributed by atoms with Crippen molar-refractivity contribution in [3.63, 3.8) is 0 Å². The molecule has 1 aliphatic heterocycles. The van der Waals surface area contributed by atoms with Gasteiger partial charge in [-0.25, -0.2) is 0 Å². The van der Waals surface area contributed by atoms with E-state index in [1.807, 2.05) is 0 Å². The summed E-state index contributed by atoms with van der Waals surface area (Å²) in [5, 5.41) is 53.7. The summed E-state index contributed by atoms with van der Waals surface area (Å²) in [4.78, 5) is 39.7. The number of hydrogen-bond acceptors (Lipinski definition) is 12. The number of nitrogens with two attached hydrogens (primary N) is 1. The molecule has 2 aliphatic carbocycles. The Morgan fingerprint density at radius 3 is 2.41 bits per heavy atom. The Kier molecular flexibility index (Phi) is 9.98. The van der Waals surface area contributed by atoms with Crippen molar-refractivity contribution in [1.29, 1.82) is 0 Å². The van der Waals surface area contributed by atoms with E-state index in [9.17, 15) is 39.9 Å². The first-order valence-electron chi connectivity index (χ1n) is 12.4. The van der Waals surface area contributed by atoms with Gasteiger partial charge in [0, 0.05) is 42.0 Å². The van der Waals surface area contributed by atoms with Gasteiger partial charge in [0.1, 0.15) is 29.5 Å². The molecule has 14 heteroatoms. The number of aromatic hydroxyl groups is 2. The molecule has 1 fully saturated rings. The van der Waals surface area contributed by atoms with E-state index in [1.165, 1.54) is 25.3 Å². The summed E-state index contributed by atoms with van der Waals surface area (Å²) in [6.45, 7) is 0.560. The third-order valence-corrected chi connectivity index (χ3v) is 7.81. The maximum absolute atomic E-state index is 13.6. The van der Waals surface area contributed by atoms with Crippen LogP contribution in [0.5, 0.6) is 17.2 Å². The fourth-order valence-corrected chi connectivity index (χ4v) is 5.75. The Morgan fingerprint density at radius 2 is 1.80 bits per heavy atom. The third-order valence-electron chi connectivity index (χ3n) is 7.81. The van der Waals surface area contributed by atoms with E-state index in [4.69, 9.17) is 19.9 Å². The van der Waals surface area contributed by atoms with Gasteiger partial charge in [0.15, 0.2) is 17.9 Å². The molecule has 0 bridgehead atoms. The molecule has 2 aromatic rings. The van der Waals surface area contributed by atoms with Gasteiger partial charge >= 0.3 is 29.6 Å². The first-order valence-corrected chi connectivity index (χ1v) is 12.4. The maximum atomic E-state index is 13.6. The second-order valence-corrected chi connectivity index (χ2v) is 10.2. The number of ketones is 3. The molecule has 0 saturated carbocycles. The Bertz CT molecular complexity index is 1390. The first kappa shape index (κ1) is 33.4. The van der Waals surface area contributed by atoms with Crippen molar-refractivity contribution in [2.75, 3.05) is 13.7 Å². The van der Waals surface area contributed by atoms with Gasteiger partial charge in [0.2, 0.25) is 5.78 Å². The molecule has 0 aromatic heterocycles. The molecule has 2 aromatic carbocycles. The van der Waals surface area contributed by atoms with Crippen LogP contribution in [-0.2, 0) is 20.7 Å². The van der Waals surface area contributed by atoms with Crippen LogP contribution in [0.25, 0.3) is 0 Å². The zero-order valence-electron chi connectivity index (χ0n) is 22.6. The number of carbonyl (C=O) groups excluding carboxylic acids is 3. The molecule has 12 nitrogen and oxygen atoms in total. The van der Waals surface area contributed by atoms with Gasteiger partial charge in [-0.3, -0.25) is 14.4 Å². The van der Waals surface area contributed by atoms with Crippen LogP contribution >= 0.6 is 0 Å². The summed E-state index contributed by atoms with van der Waals surface area (Å²) < 4.78 is 17.0. The average molecular weight is 602 g/mol. The fraction of sp³-hybridized carbons (Fsp3) is 0.444. The Hall–Kier alpha value is -2.10. The summed E-state index contributed by atoms with van der Waals surface area (Å²) in [5.74, 6) is -3.77. The first-order chi connectivity index (χ1) is 18.4. The van der Waals surface area contributed by atoms with Crippen molar-refractivity contribution in [1.82, 2.24) is 0 Å². The topological polar surface area (TPSA) is 206 Å². The normalized spacial score (nSPS) is 28.4. The Labute approximate surface area is 263 Å². The van der Waals surface area contributed by atoms with Gasteiger partial charge in [-0.2, -0.15) is 0 Å². The van der Waals surface area contributed by atoms with Crippen LogP contribution in [0.3, 0.4) is 0 Å². The van der Waals surface area contributed by atoms with E-state index in [-0.39, 0.29) is 76.4 Å². The zero-order chi connectivity index (χ0) is 28.4. The molecule has 5 rings (SSSR count). The monoisotopic (exact) mass is 601 g/mol. The number of ether oxygens (including phenoxy) is 3. The minimum absolute atomic E-state index is 0. The molecule has 6 atom stereocenters. The van der Waals surface area contributed by atoms with Gasteiger partial charge < -0.3 is 57.9 Å². The maximum Gasteiger partial charge on any atom is 1.00 e. The molecule has 1 saturated heterocycles. The summed E-state index contributed by atoms with van der Waals surface area (Å²) in [6, 6.07) is 3.64. The molecule has 4 unspecified atom stereocenters. The second kappa shape index (κ2) is 12.3. The second-order valence-electron chi connectivity index (χ2n) is 10.2. The quantitative estimate of drug-likeness (QED) is 0.119. The van der Waals surface area contributed by atoms with Crippen molar-refractivity contribution in [2.45, 2.75) is 62.4 Å². The number of phenols is 2. The molecular formula is C27H29ClNNaO11. The van der Waals surface area contributed by atoms with Crippen LogP contribution in [0.4, 0.5) is 0 Å². The molecule has 7 N–H and O–H groups in total. The van der Waals surface area contributed by atoms with E-state index in [1.54, 1.807) is 6.92 Å². The van der Waals surface area contributed by atoms with Gasteiger partial charge in [-0.15, -0.1) is 0 Å². The number of carbonyl (C=O) groups is 3. The number of methoxy groups -OCH3 is 1. The molecule has 41 heavy (non-hydrogen) atoms. The van der Waals surface area contributed by atoms with Gasteiger partial charge in [0.25, 0.3) is 0 Å². The van der Waals surface area contributed by atoms with Crippen molar-refractivity contribution in [3.05, 3.63) is 51.6 Å². The summed E-state index contributed by atoms with van der Waals surface area (Å²) in [6.07, 6.45) is -5.12. The molecule has 0 amide bonds. The Balaban J connectivity index is 0.00000231. The van der Waals surface area contributed by atoms with E-state index in [2.05, 4.69) is 0 Å². The van der Waals surface area contributed by atoms with Crippen LogP contribution in [-0.4, -0.2) is 86.7 Å². The molecular weight excluding hydrogens is 573 g/mol. The van der Waals surface area contributed by atoms with Crippen LogP contribution in [0, 0.1) is 0 Å². The molecule has 216 valence electrons. The number of benzene rings is 2. The van der Waals surface area contributed by atoms with E-state index < -0.39 is 95.7 Å².